The van der Waals surface area contributed by atoms with Gasteiger partial charge in [-0.1, -0.05) is 6.07 Å². The number of rotatable bonds is 5. The van der Waals surface area contributed by atoms with E-state index in [1.807, 2.05) is 19.9 Å². The van der Waals surface area contributed by atoms with Crippen LogP contribution in [0.15, 0.2) is 67.0 Å². The number of aryl methyl sites for hydroxylation is 2. The van der Waals surface area contributed by atoms with Crippen LogP contribution >= 0.6 is 0 Å². The largest absolute Gasteiger partial charge is 0.439 e. The Morgan fingerprint density at radius 3 is 2.53 bits per heavy atom. The van der Waals surface area contributed by atoms with Crippen molar-refractivity contribution in [1.82, 2.24) is 19.7 Å². The Morgan fingerprint density at radius 2 is 1.83 bits per heavy atom. The summed E-state index contributed by atoms with van der Waals surface area (Å²) in [6.07, 6.45) is 1.41. The summed E-state index contributed by atoms with van der Waals surface area (Å²) in [5.41, 5.74) is 2.65. The van der Waals surface area contributed by atoms with Crippen molar-refractivity contribution in [2.24, 2.45) is 0 Å². The summed E-state index contributed by atoms with van der Waals surface area (Å²) in [4.78, 5) is 20.6. The Labute approximate surface area is 172 Å². The first kappa shape index (κ1) is 19.3. The van der Waals surface area contributed by atoms with E-state index in [9.17, 15) is 9.18 Å². The summed E-state index contributed by atoms with van der Waals surface area (Å²) in [6, 6.07) is 15.9. The predicted octanol–water partition coefficient (Wildman–Crippen LogP) is 4.46. The van der Waals surface area contributed by atoms with Gasteiger partial charge in [-0.05, 0) is 62.4 Å². The van der Waals surface area contributed by atoms with Crippen LogP contribution in [0.4, 0.5) is 10.1 Å². The van der Waals surface area contributed by atoms with Crippen LogP contribution in [0, 0.1) is 19.7 Å². The van der Waals surface area contributed by atoms with Gasteiger partial charge in [0.25, 0.3) is 5.91 Å². The SMILES string of the molecule is Cc1cc(C)n(-c2cc(Oc3ccc(NC(=O)c4cccc(F)c4)cc3)ncn2)n1. The normalized spacial score (nSPS) is 10.6. The zero-order chi connectivity index (χ0) is 21.1. The van der Waals surface area contributed by atoms with Crippen molar-refractivity contribution in [3.8, 4) is 17.4 Å². The summed E-state index contributed by atoms with van der Waals surface area (Å²) < 4.78 is 20.8. The third kappa shape index (κ3) is 4.33. The molecule has 2 aromatic carbocycles. The molecule has 0 fully saturated rings. The van der Waals surface area contributed by atoms with Crippen LogP contribution in [0.5, 0.6) is 11.6 Å². The molecule has 7 nitrogen and oxygen atoms in total. The van der Waals surface area contributed by atoms with Gasteiger partial charge in [0.05, 0.1) is 5.69 Å². The molecule has 0 radical (unpaired) electrons. The topological polar surface area (TPSA) is 81.9 Å². The molecular weight excluding hydrogens is 385 g/mol. The number of benzene rings is 2. The molecule has 2 heterocycles. The highest BCUT2D eigenvalue weighted by Crippen LogP contribution is 2.23. The summed E-state index contributed by atoms with van der Waals surface area (Å²) >= 11 is 0. The molecule has 0 unspecified atom stereocenters. The van der Waals surface area contributed by atoms with Crippen molar-refractivity contribution in [3.05, 3.63) is 89.8 Å². The van der Waals surface area contributed by atoms with Gasteiger partial charge in [-0.15, -0.1) is 0 Å². The van der Waals surface area contributed by atoms with E-state index in [-0.39, 0.29) is 5.56 Å². The number of ether oxygens (including phenoxy) is 1. The van der Waals surface area contributed by atoms with Crippen LogP contribution in [0.2, 0.25) is 0 Å². The van der Waals surface area contributed by atoms with Crippen molar-refractivity contribution < 1.29 is 13.9 Å². The summed E-state index contributed by atoms with van der Waals surface area (Å²) in [6.45, 7) is 3.86. The Kier molecular flexibility index (Phi) is 5.21. The lowest BCUT2D eigenvalue weighted by molar-refractivity contribution is 0.102. The Balaban J connectivity index is 1.46. The highest BCUT2D eigenvalue weighted by Gasteiger charge is 2.09. The van der Waals surface area contributed by atoms with Crippen LogP contribution in [-0.4, -0.2) is 25.7 Å². The van der Waals surface area contributed by atoms with Gasteiger partial charge in [0, 0.05) is 23.0 Å². The zero-order valence-electron chi connectivity index (χ0n) is 16.3. The highest BCUT2D eigenvalue weighted by atomic mass is 19.1. The van der Waals surface area contributed by atoms with E-state index in [0.717, 1.165) is 11.4 Å². The summed E-state index contributed by atoms with van der Waals surface area (Å²) in [5, 5.41) is 7.12. The van der Waals surface area contributed by atoms with E-state index in [0.29, 0.717) is 23.1 Å². The molecule has 0 aliphatic rings. The van der Waals surface area contributed by atoms with Crippen LogP contribution in [0.3, 0.4) is 0 Å². The Hall–Kier alpha value is -4.07. The average molecular weight is 403 g/mol. The van der Waals surface area contributed by atoms with Gasteiger partial charge >= 0.3 is 0 Å². The fourth-order valence-corrected chi connectivity index (χ4v) is 2.92. The molecule has 1 N–H and O–H groups in total. The molecule has 0 aliphatic heterocycles. The first-order valence-electron chi connectivity index (χ1n) is 9.18. The van der Waals surface area contributed by atoms with Crippen LogP contribution < -0.4 is 10.1 Å². The molecule has 0 aliphatic carbocycles. The van der Waals surface area contributed by atoms with E-state index >= 15 is 0 Å². The third-order valence-corrected chi connectivity index (χ3v) is 4.28. The predicted molar refractivity (Wildman–Crippen MR) is 109 cm³/mol. The van der Waals surface area contributed by atoms with Gasteiger partial charge in [-0.3, -0.25) is 4.79 Å². The van der Waals surface area contributed by atoms with Gasteiger partial charge in [0.15, 0.2) is 5.82 Å². The maximum absolute atomic E-state index is 13.3. The summed E-state index contributed by atoms with van der Waals surface area (Å²) in [5.74, 6) is 0.648. The van der Waals surface area contributed by atoms with Gasteiger partial charge in [-0.25, -0.2) is 19.0 Å². The average Bonchev–Trinajstić information content (AvgIpc) is 3.08. The standard InChI is InChI=1S/C22H18FN5O2/c1-14-10-15(2)28(27-14)20-12-21(25-13-24-20)30-19-8-6-18(7-9-19)26-22(29)16-4-3-5-17(23)11-16/h3-13H,1-2H3,(H,26,29). The first-order valence-corrected chi connectivity index (χ1v) is 9.18. The number of aromatic nitrogens is 4. The third-order valence-electron chi connectivity index (χ3n) is 4.28. The van der Waals surface area contributed by atoms with Crippen molar-refractivity contribution in [2.75, 3.05) is 5.32 Å². The Bertz CT molecular complexity index is 1200. The minimum atomic E-state index is -0.462. The minimum absolute atomic E-state index is 0.244. The second kappa shape index (κ2) is 8.12. The molecule has 2 aromatic heterocycles. The monoisotopic (exact) mass is 403 g/mol. The van der Waals surface area contributed by atoms with E-state index in [1.54, 1.807) is 41.1 Å². The molecule has 150 valence electrons. The number of carbonyl (C=O) groups excluding carboxylic acids is 1. The van der Waals surface area contributed by atoms with Crippen molar-refractivity contribution in [3.63, 3.8) is 0 Å². The lowest BCUT2D eigenvalue weighted by Crippen LogP contribution is -2.11. The van der Waals surface area contributed by atoms with Crippen LogP contribution in [-0.2, 0) is 0 Å². The maximum atomic E-state index is 13.3. The second-order valence-corrected chi connectivity index (χ2v) is 6.64. The van der Waals surface area contributed by atoms with Crippen molar-refractivity contribution in [1.29, 1.82) is 0 Å². The molecule has 1 amide bonds. The number of hydrogen-bond donors (Lipinski definition) is 1. The second-order valence-electron chi connectivity index (χ2n) is 6.64. The molecule has 0 saturated carbocycles. The van der Waals surface area contributed by atoms with E-state index < -0.39 is 11.7 Å². The Morgan fingerprint density at radius 1 is 1.03 bits per heavy atom. The highest BCUT2D eigenvalue weighted by molar-refractivity contribution is 6.04. The van der Waals surface area contributed by atoms with Gasteiger partial charge in [0.1, 0.15) is 17.9 Å². The van der Waals surface area contributed by atoms with Gasteiger partial charge in [0.2, 0.25) is 5.88 Å². The zero-order valence-corrected chi connectivity index (χ0v) is 16.3. The van der Waals surface area contributed by atoms with Crippen molar-refractivity contribution >= 4 is 11.6 Å². The van der Waals surface area contributed by atoms with Crippen molar-refractivity contribution in [2.45, 2.75) is 13.8 Å². The number of nitrogens with zero attached hydrogens (tertiary/aromatic N) is 4. The molecule has 0 saturated heterocycles. The van der Waals surface area contributed by atoms with E-state index in [4.69, 9.17) is 4.74 Å². The lowest BCUT2D eigenvalue weighted by Gasteiger charge is -2.09. The van der Waals surface area contributed by atoms with Gasteiger partial charge in [-0.2, -0.15) is 5.10 Å². The van der Waals surface area contributed by atoms with E-state index in [2.05, 4.69) is 20.4 Å². The number of nitrogens with one attached hydrogen (secondary N) is 1. The number of carbonyl (C=O) groups is 1. The van der Waals surface area contributed by atoms with Gasteiger partial charge < -0.3 is 10.1 Å². The first-order chi connectivity index (χ1) is 14.5. The molecule has 30 heavy (non-hydrogen) atoms. The number of hydrogen-bond acceptors (Lipinski definition) is 5. The molecular formula is C22H18FN5O2. The quantitative estimate of drug-likeness (QED) is 0.532. The van der Waals surface area contributed by atoms with Crippen LogP contribution in [0.25, 0.3) is 5.82 Å². The number of amides is 1. The summed E-state index contributed by atoms with van der Waals surface area (Å²) in [7, 11) is 0. The fraction of sp³-hybridized carbons (Fsp3) is 0.0909. The maximum Gasteiger partial charge on any atom is 0.255 e. The smallest absolute Gasteiger partial charge is 0.255 e. The van der Waals surface area contributed by atoms with E-state index in [1.165, 1.54) is 24.5 Å². The molecule has 4 rings (SSSR count). The molecule has 0 bridgehead atoms. The minimum Gasteiger partial charge on any atom is -0.439 e. The molecule has 0 spiro atoms. The molecule has 0 atom stereocenters. The number of halogens is 1. The lowest BCUT2D eigenvalue weighted by atomic mass is 10.2. The molecule has 8 heteroatoms. The van der Waals surface area contributed by atoms with Crippen LogP contribution in [0.1, 0.15) is 21.7 Å². The fourth-order valence-electron chi connectivity index (χ4n) is 2.92. The number of anilines is 1. The molecule has 4 aromatic rings.